The van der Waals surface area contributed by atoms with Crippen molar-refractivity contribution in [3.63, 3.8) is 0 Å². The highest BCUT2D eigenvalue weighted by Crippen LogP contribution is 2.36. The monoisotopic (exact) mass is 245 g/mol. The molecule has 4 nitrogen and oxygen atoms in total. The Morgan fingerprint density at radius 1 is 1.11 bits per heavy atom. The van der Waals surface area contributed by atoms with E-state index in [4.69, 9.17) is 4.98 Å². The molecule has 1 aromatic heterocycles. The molecule has 0 aromatic carbocycles. The largest absolute Gasteiger partial charge is 0.324 e. The Morgan fingerprint density at radius 2 is 1.72 bits per heavy atom. The Bertz CT molecular complexity index is 464. The number of aryl methyl sites for hydroxylation is 2. The van der Waals surface area contributed by atoms with Gasteiger partial charge in [-0.3, -0.25) is 9.78 Å². The van der Waals surface area contributed by atoms with Crippen LogP contribution in [0.2, 0.25) is 0 Å². The average molecular weight is 245 g/mol. The minimum Gasteiger partial charge on any atom is -0.324 e. The molecule has 0 fully saturated rings. The van der Waals surface area contributed by atoms with Crippen LogP contribution < -0.4 is 10.6 Å². The summed E-state index contributed by atoms with van der Waals surface area (Å²) in [4.78, 5) is 16.6. The van der Waals surface area contributed by atoms with Crippen LogP contribution in [0.15, 0.2) is 0 Å². The van der Waals surface area contributed by atoms with Gasteiger partial charge in [0.25, 0.3) is 0 Å². The van der Waals surface area contributed by atoms with Gasteiger partial charge in [-0.25, -0.2) is 0 Å². The van der Waals surface area contributed by atoms with E-state index in [1.807, 2.05) is 0 Å². The number of pyridine rings is 1. The van der Waals surface area contributed by atoms with Crippen molar-refractivity contribution in [1.29, 1.82) is 0 Å². The molecule has 1 amide bonds. The quantitative estimate of drug-likeness (QED) is 0.842. The molecule has 0 radical (unpaired) electrons. The van der Waals surface area contributed by atoms with E-state index >= 15 is 0 Å². The first-order valence-corrected chi connectivity index (χ1v) is 6.77. The van der Waals surface area contributed by atoms with Gasteiger partial charge in [0.05, 0.1) is 12.2 Å². The summed E-state index contributed by atoms with van der Waals surface area (Å²) in [7, 11) is 1.79. The van der Waals surface area contributed by atoms with Gasteiger partial charge in [0, 0.05) is 11.4 Å². The predicted octanol–water partition coefficient (Wildman–Crippen LogP) is 1.22. The van der Waals surface area contributed by atoms with Crippen molar-refractivity contribution in [1.82, 2.24) is 10.3 Å². The van der Waals surface area contributed by atoms with Crippen LogP contribution in [-0.2, 0) is 30.5 Å². The van der Waals surface area contributed by atoms with Crippen molar-refractivity contribution in [3.8, 4) is 0 Å². The van der Waals surface area contributed by atoms with E-state index in [2.05, 4.69) is 10.6 Å². The first-order valence-electron chi connectivity index (χ1n) is 6.77. The molecule has 4 heteroatoms. The number of rotatable bonds is 3. The molecule has 1 aromatic rings. The Balaban J connectivity index is 1.99. The molecule has 0 saturated carbocycles. The second-order valence-electron chi connectivity index (χ2n) is 5.12. The number of nitrogens with one attached hydrogen (secondary N) is 2. The van der Waals surface area contributed by atoms with Gasteiger partial charge in [0.2, 0.25) is 5.91 Å². The van der Waals surface area contributed by atoms with Crippen LogP contribution >= 0.6 is 0 Å². The first kappa shape index (κ1) is 11.7. The minimum atomic E-state index is 0.0481. The highest BCUT2D eigenvalue weighted by atomic mass is 16.1. The fourth-order valence-electron chi connectivity index (χ4n) is 3.08. The van der Waals surface area contributed by atoms with Crippen molar-refractivity contribution >= 4 is 11.6 Å². The van der Waals surface area contributed by atoms with Crippen molar-refractivity contribution in [2.45, 2.75) is 38.5 Å². The van der Waals surface area contributed by atoms with Crippen molar-refractivity contribution in [3.05, 3.63) is 22.5 Å². The summed E-state index contributed by atoms with van der Waals surface area (Å²) in [5, 5.41) is 6.00. The van der Waals surface area contributed by atoms with Gasteiger partial charge in [-0.15, -0.1) is 0 Å². The third-order valence-electron chi connectivity index (χ3n) is 3.85. The zero-order valence-electron chi connectivity index (χ0n) is 10.8. The molecule has 2 N–H and O–H groups in total. The Kier molecular flexibility index (Phi) is 3.04. The lowest BCUT2D eigenvalue weighted by atomic mass is 10.1. The number of carbonyl (C=O) groups excluding carboxylic acids is 1. The van der Waals surface area contributed by atoms with Crippen LogP contribution in [0.1, 0.15) is 35.4 Å². The smallest absolute Gasteiger partial charge is 0.238 e. The molecular weight excluding hydrogens is 226 g/mol. The summed E-state index contributed by atoms with van der Waals surface area (Å²) >= 11 is 0. The summed E-state index contributed by atoms with van der Waals surface area (Å²) in [6.45, 7) is 0.367. The number of fused-ring (bicyclic) bond motifs is 2. The number of amides is 1. The lowest BCUT2D eigenvalue weighted by molar-refractivity contribution is -0.115. The van der Waals surface area contributed by atoms with Gasteiger partial charge in [0.1, 0.15) is 0 Å². The van der Waals surface area contributed by atoms with E-state index in [0.717, 1.165) is 31.4 Å². The van der Waals surface area contributed by atoms with E-state index in [-0.39, 0.29) is 5.91 Å². The van der Waals surface area contributed by atoms with Gasteiger partial charge in [0.15, 0.2) is 0 Å². The SMILES string of the molecule is CNCC(=O)Nc1c2c(nc3c1CCC3)CCC2. The van der Waals surface area contributed by atoms with E-state index in [1.54, 1.807) is 7.05 Å². The van der Waals surface area contributed by atoms with Crippen molar-refractivity contribution < 1.29 is 4.79 Å². The fraction of sp³-hybridized carbons (Fsp3) is 0.571. The second-order valence-corrected chi connectivity index (χ2v) is 5.12. The molecular formula is C14H19N3O. The van der Waals surface area contributed by atoms with Crippen LogP contribution in [0.4, 0.5) is 5.69 Å². The molecule has 0 bridgehead atoms. The maximum atomic E-state index is 11.8. The normalized spacial score (nSPS) is 16.5. The average Bonchev–Trinajstić information content (AvgIpc) is 2.96. The molecule has 2 aliphatic rings. The van der Waals surface area contributed by atoms with Crippen molar-refractivity contribution in [2.75, 3.05) is 18.9 Å². The third kappa shape index (κ3) is 1.90. The molecule has 96 valence electrons. The molecule has 1 heterocycles. The second kappa shape index (κ2) is 4.69. The van der Waals surface area contributed by atoms with Crippen LogP contribution in [-0.4, -0.2) is 24.5 Å². The maximum absolute atomic E-state index is 11.8. The number of hydrogen-bond donors (Lipinski definition) is 2. The number of likely N-dealkylation sites (N-methyl/N-ethyl adjacent to an activating group) is 1. The minimum absolute atomic E-state index is 0.0481. The molecule has 2 aliphatic carbocycles. The molecule has 0 aliphatic heterocycles. The highest BCUT2D eigenvalue weighted by molar-refractivity contribution is 5.94. The molecule has 3 rings (SSSR count). The van der Waals surface area contributed by atoms with Crippen LogP contribution in [0.3, 0.4) is 0 Å². The number of hydrogen-bond acceptors (Lipinski definition) is 3. The Hall–Kier alpha value is -1.42. The lowest BCUT2D eigenvalue weighted by Gasteiger charge is -2.15. The standard InChI is InChI=1S/C14H19N3O/c1-15-8-13(18)17-14-9-4-2-6-11(9)16-12-7-3-5-10(12)14/h15H,2-8H2,1H3,(H,16,17,18). The lowest BCUT2D eigenvalue weighted by Crippen LogP contribution is -2.26. The van der Waals surface area contributed by atoms with Gasteiger partial charge in [-0.05, 0) is 56.7 Å². The highest BCUT2D eigenvalue weighted by Gasteiger charge is 2.26. The van der Waals surface area contributed by atoms with Crippen LogP contribution in [0.5, 0.6) is 0 Å². The number of carbonyl (C=O) groups is 1. The van der Waals surface area contributed by atoms with Crippen molar-refractivity contribution in [2.24, 2.45) is 0 Å². The summed E-state index contributed by atoms with van der Waals surface area (Å²) in [6, 6.07) is 0. The summed E-state index contributed by atoms with van der Waals surface area (Å²) in [5.74, 6) is 0.0481. The first-order chi connectivity index (χ1) is 8.79. The van der Waals surface area contributed by atoms with Gasteiger partial charge in [-0.2, -0.15) is 0 Å². The summed E-state index contributed by atoms with van der Waals surface area (Å²) in [5.41, 5.74) is 6.11. The zero-order valence-corrected chi connectivity index (χ0v) is 10.8. The van der Waals surface area contributed by atoms with E-state index < -0.39 is 0 Å². The molecule has 0 saturated heterocycles. The molecule has 0 unspecified atom stereocenters. The Morgan fingerprint density at radius 3 is 2.28 bits per heavy atom. The number of nitrogens with zero attached hydrogens (tertiary/aromatic N) is 1. The zero-order chi connectivity index (χ0) is 12.5. The van der Waals surface area contributed by atoms with Gasteiger partial charge >= 0.3 is 0 Å². The molecule has 0 atom stereocenters. The van der Waals surface area contributed by atoms with E-state index in [0.29, 0.717) is 6.54 Å². The van der Waals surface area contributed by atoms with Crippen LogP contribution in [0, 0.1) is 0 Å². The topological polar surface area (TPSA) is 54.0 Å². The van der Waals surface area contributed by atoms with Crippen LogP contribution in [0.25, 0.3) is 0 Å². The van der Waals surface area contributed by atoms with E-state index in [9.17, 15) is 4.79 Å². The van der Waals surface area contributed by atoms with Gasteiger partial charge < -0.3 is 10.6 Å². The molecule has 18 heavy (non-hydrogen) atoms. The molecule has 0 spiro atoms. The number of aromatic nitrogens is 1. The summed E-state index contributed by atoms with van der Waals surface area (Å²) in [6.07, 6.45) is 6.59. The van der Waals surface area contributed by atoms with Gasteiger partial charge in [-0.1, -0.05) is 0 Å². The predicted molar refractivity (Wildman–Crippen MR) is 70.8 cm³/mol. The van der Waals surface area contributed by atoms with E-state index in [1.165, 1.54) is 35.4 Å². The summed E-state index contributed by atoms with van der Waals surface area (Å²) < 4.78 is 0. The Labute approximate surface area is 107 Å². The third-order valence-corrected chi connectivity index (χ3v) is 3.85. The fourth-order valence-corrected chi connectivity index (χ4v) is 3.08. The number of anilines is 1. The maximum Gasteiger partial charge on any atom is 0.238 e.